The third-order valence-electron chi connectivity index (χ3n) is 9.61. The SMILES string of the molecule is COc1ccc(CN(Cc2ccc(OC)cc2)S(=O)(=O)c2c(S(=O)(=O)NC(C)CNC(=O)OC(C)(C)C)ccc(-c3ccc(N)nc3)c2-c2nnn(Cc3ccc(OC)cc3)n2)cc1. The maximum absolute atomic E-state index is 15.9. The zero-order valence-electron chi connectivity index (χ0n) is 36.5. The fraction of sp³-hybridized carbons (Fsp3) is 0.295. The molecule has 0 saturated heterocycles. The second kappa shape index (κ2) is 19.8. The van der Waals surface area contributed by atoms with Crippen molar-refractivity contribution in [1.29, 1.82) is 0 Å². The summed E-state index contributed by atoms with van der Waals surface area (Å²) in [6.07, 6.45) is 0.678. The van der Waals surface area contributed by atoms with E-state index in [-0.39, 0.29) is 48.9 Å². The number of nitrogens with two attached hydrogens (primary N) is 1. The van der Waals surface area contributed by atoms with E-state index in [1.165, 1.54) is 54.6 Å². The van der Waals surface area contributed by atoms with Gasteiger partial charge in [0.25, 0.3) is 0 Å². The quantitative estimate of drug-likeness (QED) is 0.0948. The predicted octanol–water partition coefficient (Wildman–Crippen LogP) is 5.64. The monoisotopic (exact) mass is 913 g/mol. The number of hydrogen-bond acceptors (Lipinski definition) is 14. The molecular formula is C44H51N9O9S2. The Hall–Kier alpha value is -6.61. The average Bonchev–Trinajstić information content (AvgIpc) is 3.73. The van der Waals surface area contributed by atoms with Crippen LogP contribution in [0.25, 0.3) is 22.5 Å². The summed E-state index contributed by atoms with van der Waals surface area (Å²) in [5, 5.41) is 15.8. The van der Waals surface area contributed by atoms with E-state index in [1.54, 1.807) is 94.6 Å². The first-order chi connectivity index (χ1) is 30.4. The predicted molar refractivity (Wildman–Crippen MR) is 239 cm³/mol. The molecule has 20 heteroatoms. The summed E-state index contributed by atoms with van der Waals surface area (Å²) in [5.74, 6) is 1.76. The van der Waals surface area contributed by atoms with E-state index in [9.17, 15) is 13.2 Å². The first-order valence-corrected chi connectivity index (χ1v) is 22.9. The number of rotatable bonds is 18. The molecule has 6 aromatic rings. The Labute approximate surface area is 372 Å². The van der Waals surface area contributed by atoms with Gasteiger partial charge in [0.15, 0.2) is 0 Å². The molecule has 1 unspecified atom stereocenters. The van der Waals surface area contributed by atoms with Crippen molar-refractivity contribution in [2.75, 3.05) is 33.6 Å². The van der Waals surface area contributed by atoms with Crippen LogP contribution in [0.2, 0.25) is 0 Å². The molecule has 0 bridgehead atoms. The Balaban J connectivity index is 1.57. The number of nitrogens with zero attached hydrogens (tertiary/aromatic N) is 6. The van der Waals surface area contributed by atoms with Gasteiger partial charge in [0, 0.05) is 37.4 Å². The molecule has 2 aromatic heterocycles. The average molecular weight is 914 g/mol. The molecule has 2 heterocycles. The third-order valence-corrected chi connectivity index (χ3v) is 13.2. The largest absolute Gasteiger partial charge is 0.497 e. The van der Waals surface area contributed by atoms with Crippen LogP contribution in [0.3, 0.4) is 0 Å². The number of benzene rings is 4. The Morgan fingerprint density at radius 3 is 1.83 bits per heavy atom. The number of alkyl carbamates (subject to hydrolysis) is 1. The van der Waals surface area contributed by atoms with E-state index in [4.69, 9.17) is 24.7 Å². The Kier molecular flexibility index (Phi) is 14.5. The van der Waals surface area contributed by atoms with Crippen molar-refractivity contribution in [1.82, 2.24) is 39.5 Å². The Morgan fingerprint density at radius 1 is 0.781 bits per heavy atom. The lowest BCUT2D eigenvalue weighted by Crippen LogP contribution is -2.43. The van der Waals surface area contributed by atoms with E-state index in [1.807, 2.05) is 12.1 Å². The number of carbonyl (C=O) groups excluding carboxylic acids is 1. The number of hydrogen-bond donors (Lipinski definition) is 3. The number of pyridine rings is 1. The highest BCUT2D eigenvalue weighted by Gasteiger charge is 2.38. The maximum atomic E-state index is 15.9. The summed E-state index contributed by atoms with van der Waals surface area (Å²) in [5.41, 5.74) is 7.55. The van der Waals surface area contributed by atoms with Crippen LogP contribution in [0.1, 0.15) is 44.4 Å². The molecule has 338 valence electrons. The van der Waals surface area contributed by atoms with Gasteiger partial charge in [-0.25, -0.2) is 31.3 Å². The van der Waals surface area contributed by atoms with Crippen molar-refractivity contribution >= 4 is 32.0 Å². The van der Waals surface area contributed by atoms with Crippen molar-refractivity contribution in [3.05, 3.63) is 120 Å². The zero-order valence-corrected chi connectivity index (χ0v) is 38.1. The Bertz CT molecular complexity index is 2710. The van der Waals surface area contributed by atoms with Gasteiger partial charge in [0.1, 0.15) is 38.5 Å². The van der Waals surface area contributed by atoms with Crippen molar-refractivity contribution in [3.63, 3.8) is 0 Å². The maximum Gasteiger partial charge on any atom is 0.407 e. The van der Waals surface area contributed by atoms with E-state index < -0.39 is 47.6 Å². The van der Waals surface area contributed by atoms with Crippen LogP contribution in [0.5, 0.6) is 17.2 Å². The molecular weight excluding hydrogens is 863 g/mol. The molecule has 6 rings (SSSR count). The molecule has 18 nitrogen and oxygen atoms in total. The molecule has 0 fully saturated rings. The van der Waals surface area contributed by atoms with Gasteiger partial charge in [-0.15, -0.1) is 10.2 Å². The molecule has 0 aliphatic heterocycles. The fourth-order valence-electron chi connectivity index (χ4n) is 6.51. The van der Waals surface area contributed by atoms with E-state index in [0.29, 0.717) is 33.9 Å². The van der Waals surface area contributed by atoms with Gasteiger partial charge >= 0.3 is 6.09 Å². The molecule has 0 saturated carbocycles. The summed E-state index contributed by atoms with van der Waals surface area (Å²) in [6.45, 7) is 6.13. The number of aromatic nitrogens is 5. The fourth-order valence-corrected chi connectivity index (χ4v) is 10.2. The smallest absolute Gasteiger partial charge is 0.407 e. The van der Waals surface area contributed by atoms with Gasteiger partial charge in [-0.05, 0) is 110 Å². The van der Waals surface area contributed by atoms with Crippen LogP contribution in [-0.4, -0.2) is 91.9 Å². The van der Waals surface area contributed by atoms with Gasteiger partial charge in [-0.3, -0.25) is 0 Å². The van der Waals surface area contributed by atoms with Crippen LogP contribution in [-0.2, 0) is 44.4 Å². The summed E-state index contributed by atoms with van der Waals surface area (Å²) in [4.78, 5) is 16.8. The first-order valence-electron chi connectivity index (χ1n) is 19.9. The van der Waals surface area contributed by atoms with Crippen molar-refractivity contribution in [3.8, 4) is 39.8 Å². The summed E-state index contributed by atoms with van der Waals surface area (Å²) >= 11 is 0. The molecule has 1 atom stereocenters. The highest BCUT2D eigenvalue weighted by atomic mass is 32.2. The molecule has 0 radical (unpaired) electrons. The number of amides is 1. The number of nitrogens with one attached hydrogen (secondary N) is 2. The van der Waals surface area contributed by atoms with Crippen LogP contribution >= 0.6 is 0 Å². The number of carbonyl (C=O) groups is 1. The lowest BCUT2D eigenvalue weighted by atomic mass is 10.0. The summed E-state index contributed by atoms with van der Waals surface area (Å²) in [6, 6.07) is 25.7. The van der Waals surface area contributed by atoms with Gasteiger partial charge in [-0.2, -0.15) is 9.10 Å². The molecule has 0 spiro atoms. The van der Waals surface area contributed by atoms with Gasteiger partial charge in [0.05, 0.1) is 33.4 Å². The molecule has 4 N–H and O–H groups in total. The van der Waals surface area contributed by atoms with Gasteiger partial charge in [-0.1, -0.05) is 42.5 Å². The summed E-state index contributed by atoms with van der Waals surface area (Å²) < 4.78 is 86.3. The first kappa shape index (κ1) is 46.9. The van der Waals surface area contributed by atoms with Gasteiger partial charge in [0.2, 0.25) is 25.9 Å². The van der Waals surface area contributed by atoms with Gasteiger partial charge < -0.3 is 30.0 Å². The van der Waals surface area contributed by atoms with E-state index >= 15 is 8.42 Å². The number of methoxy groups -OCH3 is 3. The molecule has 64 heavy (non-hydrogen) atoms. The van der Waals surface area contributed by atoms with Crippen molar-refractivity contribution < 1.29 is 40.6 Å². The van der Waals surface area contributed by atoms with Crippen molar-refractivity contribution in [2.45, 2.75) is 68.8 Å². The number of tetrazole rings is 1. The van der Waals surface area contributed by atoms with Crippen LogP contribution < -0.4 is 30.0 Å². The second-order valence-electron chi connectivity index (χ2n) is 15.7. The lowest BCUT2D eigenvalue weighted by molar-refractivity contribution is 0.0524. The molecule has 0 aliphatic carbocycles. The van der Waals surface area contributed by atoms with Crippen LogP contribution in [0.4, 0.5) is 10.6 Å². The number of ether oxygens (including phenoxy) is 4. The normalized spacial score (nSPS) is 12.4. The number of sulfonamides is 2. The standard InChI is InChI=1S/C44H51N9O9S2/c1-29(24-47-43(54)62-44(2,3)4)50-63(55,56)38-22-21-37(33-14-23-39(45)46-25-33)40(42-48-51-53(49-42)28-32-12-19-36(61-7)20-13-32)41(38)64(57,58)52(26-30-8-15-34(59-5)16-9-30)27-31-10-17-35(60-6)18-11-31/h8-23,25,29,50H,24,26-28H2,1-7H3,(H2,45,46)(H,47,54). The minimum absolute atomic E-state index is 0.126. The number of nitrogen functional groups attached to an aromatic ring is 1. The second-order valence-corrected chi connectivity index (χ2v) is 19.2. The van der Waals surface area contributed by atoms with E-state index in [2.05, 4.69) is 30.4 Å². The third kappa shape index (κ3) is 11.7. The highest BCUT2D eigenvalue weighted by molar-refractivity contribution is 7.92. The highest BCUT2D eigenvalue weighted by Crippen LogP contribution is 2.41. The summed E-state index contributed by atoms with van der Waals surface area (Å²) in [7, 11) is -5.07. The zero-order chi connectivity index (χ0) is 46.2. The van der Waals surface area contributed by atoms with E-state index in [0.717, 1.165) is 5.56 Å². The molecule has 1 amide bonds. The lowest BCUT2D eigenvalue weighted by Gasteiger charge is -2.27. The van der Waals surface area contributed by atoms with Crippen LogP contribution in [0.15, 0.2) is 113 Å². The minimum Gasteiger partial charge on any atom is -0.497 e. The Morgan fingerprint density at radius 2 is 1.33 bits per heavy atom. The van der Waals surface area contributed by atoms with Crippen LogP contribution in [0, 0.1) is 0 Å². The number of anilines is 1. The molecule has 4 aromatic carbocycles. The minimum atomic E-state index is -4.91. The van der Waals surface area contributed by atoms with Crippen molar-refractivity contribution in [2.24, 2.45) is 0 Å². The topological polar surface area (TPSA) is 232 Å². The molecule has 0 aliphatic rings.